The summed E-state index contributed by atoms with van der Waals surface area (Å²) in [5.74, 6) is 2.51. The van der Waals surface area contributed by atoms with E-state index in [0.29, 0.717) is 6.54 Å². The van der Waals surface area contributed by atoms with Crippen LogP contribution in [-0.4, -0.2) is 36.3 Å². The summed E-state index contributed by atoms with van der Waals surface area (Å²) in [6, 6.07) is 1.91. The molecule has 0 aliphatic carbocycles. The number of rotatable bonds is 6. The van der Waals surface area contributed by atoms with Crippen molar-refractivity contribution in [2.45, 2.75) is 25.7 Å². The van der Waals surface area contributed by atoms with Gasteiger partial charge in [0, 0.05) is 32.4 Å². The van der Waals surface area contributed by atoms with E-state index in [-0.39, 0.29) is 0 Å². The van der Waals surface area contributed by atoms with Crippen LogP contribution in [0.15, 0.2) is 12.3 Å². The zero-order valence-corrected chi connectivity index (χ0v) is 10.8. The quantitative estimate of drug-likeness (QED) is 0.794. The van der Waals surface area contributed by atoms with Crippen molar-refractivity contribution >= 4 is 5.82 Å². The van der Waals surface area contributed by atoms with Gasteiger partial charge < -0.3 is 15.8 Å². The Morgan fingerprint density at radius 1 is 1.39 bits per heavy atom. The Labute approximate surface area is 108 Å². The third-order valence-electron chi connectivity index (χ3n) is 3.27. The molecule has 5 nitrogen and oxygen atoms in total. The normalized spacial score (nSPS) is 16.7. The Bertz CT molecular complexity index is 353. The van der Waals surface area contributed by atoms with E-state index in [2.05, 4.69) is 15.3 Å². The van der Waals surface area contributed by atoms with Crippen LogP contribution in [0.2, 0.25) is 0 Å². The second kappa shape index (κ2) is 7.28. The Morgan fingerprint density at radius 2 is 2.22 bits per heavy atom. The topological polar surface area (TPSA) is 73.1 Å². The molecule has 0 aromatic carbocycles. The minimum absolute atomic E-state index is 0.589. The van der Waals surface area contributed by atoms with E-state index in [0.717, 1.165) is 43.7 Å². The minimum Gasteiger partial charge on any atom is -0.381 e. The largest absolute Gasteiger partial charge is 0.381 e. The number of aromatic nitrogens is 2. The van der Waals surface area contributed by atoms with Gasteiger partial charge in [0.25, 0.3) is 0 Å². The van der Waals surface area contributed by atoms with Crippen molar-refractivity contribution in [1.82, 2.24) is 9.97 Å². The van der Waals surface area contributed by atoms with Gasteiger partial charge in [-0.15, -0.1) is 0 Å². The van der Waals surface area contributed by atoms with E-state index in [4.69, 9.17) is 10.5 Å². The van der Waals surface area contributed by atoms with E-state index in [1.165, 1.54) is 19.3 Å². The fourth-order valence-corrected chi connectivity index (χ4v) is 2.19. The summed E-state index contributed by atoms with van der Waals surface area (Å²) in [4.78, 5) is 8.60. The van der Waals surface area contributed by atoms with E-state index in [1.807, 2.05) is 6.07 Å². The zero-order chi connectivity index (χ0) is 12.6. The van der Waals surface area contributed by atoms with Gasteiger partial charge in [0.1, 0.15) is 11.6 Å². The van der Waals surface area contributed by atoms with Gasteiger partial charge in [-0.1, -0.05) is 0 Å². The first-order valence-corrected chi connectivity index (χ1v) is 6.72. The van der Waals surface area contributed by atoms with Crippen LogP contribution in [-0.2, 0) is 11.2 Å². The molecule has 0 amide bonds. The van der Waals surface area contributed by atoms with Crippen molar-refractivity contribution in [2.24, 2.45) is 11.7 Å². The maximum Gasteiger partial charge on any atom is 0.131 e. The van der Waals surface area contributed by atoms with Gasteiger partial charge in [-0.2, -0.15) is 0 Å². The number of ether oxygens (including phenoxy) is 1. The first kappa shape index (κ1) is 13.2. The highest BCUT2D eigenvalue weighted by Gasteiger charge is 2.12. The van der Waals surface area contributed by atoms with Gasteiger partial charge in [0.2, 0.25) is 0 Å². The molecule has 0 unspecified atom stereocenters. The molecule has 1 saturated heterocycles. The fourth-order valence-electron chi connectivity index (χ4n) is 2.19. The molecule has 1 aromatic heterocycles. The molecular formula is C13H22N4O. The van der Waals surface area contributed by atoms with E-state index < -0.39 is 0 Å². The molecule has 0 radical (unpaired) electrons. The molecule has 1 aliphatic heterocycles. The van der Waals surface area contributed by atoms with Crippen molar-refractivity contribution in [1.29, 1.82) is 0 Å². The van der Waals surface area contributed by atoms with Crippen molar-refractivity contribution in [3.63, 3.8) is 0 Å². The van der Waals surface area contributed by atoms with Crippen molar-refractivity contribution in [3.8, 4) is 0 Å². The zero-order valence-electron chi connectivity index (χ0n) is 10.8. The number of nitrogens with two attached hydrogens (primary N) is 1. The lowest BCUT2D eigenvalue weighted by molar-refractivity contribution is 0.0649. The lowest BCUT2D eigenvalue weighted by atomic mass is 9.97. The second-order valence-electron chi connectivity index (χ2n) is 4.67. The molecule has 3 N–H and O–H groups in total. The van der Waals surface area contributed by atoms with Gasteiger partial charge in [0.05, 0.1) is 0 Å². The molecule has 1 aromatic rings. The van der Waals surface area contributed by atoms with Gasteiger partial charge in [-0.05, 0) is 37.8 Å². The fraction of sp³-hybridized carbons (Fsp3) is 0.692. The van der Waals surface area contributed by atoms with Crippen LogP contribution in [0.1, 0.15) is 25.1 Å². The molecule has 5 heteroatoms. The van der Waals surface area contributed by atoms with E-state index >= 15 is 0 Å². The van der Waals surface area contributed by atoms with Crippen LogP contribution >= 0.6 is 0 Å². The van der Waals surface area contributed by atoms with Crippen LogP contribution in [0.4, 0.5) is 5.82 Å². The smallest absolute Gasteiger partial charge is 0.131 e. The van der Waals surface area contributed by atoms with Crippen molar-refractivity contribution < 1.29 is 4.74 Å². The maximum absolute atomic E-state index is 5.50. The van der Waals surface area contributed by atoms with Gasteiger partial charge >= 0.3 is 0 Å². The van der Waals surface area contributed by atoms with E-state index in [1.54, 1.807) is 6.20 Å². The molecule has 2 rings (SSSR count). The lowest BCUT2D eigenvalue weighted by Crippen LogP contribution is -2.18. The SMILES string of the molecule is NCCc1nccc(NCCC2CCOCC2)n1. The van der Waals surface area contributed by atoms with Crippen LogP contribution < -0.4 is 11.1 Å². The summed E-state index contributed by atoms with van der Waals surface area (Å²) in [6.07, 6.45) is 6.07. The Morgan fingerprint density at radius 3 is 3.00 bits per heavy atom. The van der Waals surface area contributed by atoms with Crippen LogP contribution in [0.5, 0.6) is 0 Å². The monoisotopic (exact) mass is 250 g/mol. The number of nitrogens with one attached hydrogen (secondary N) is 1. The number of anilines is 1. The number of nitrogens with zero attached hydrogens (tertiary/aromatic N) is 2. The summed E-state index contributed by atoms with van der Waals surface area (Å²) in [7, 11) is 0. The van der Waals surface area contributed by atoms with Crippen LogP contribution in [0.25, 0.3) is 0 Å². The number of hydrogen-bond acceptors (Lipinski definition) is 5. The molecule has 100 valence electrons. The first-order chi connectivity index (χ1) is 8.88. The highest BCUT2D eigenvalue weighted by Crippen LogP contribution is 2.18. The summed E-state index contributed by atoms with van der Waals surface area (Å²) in [6.45, 7) is 3.38. The summed E-state index contributed by atoms with van der Waals surface area (Å²) in [5.41, 5.74) is 5.50. The molecule has 0 bridgehead atoms. The molecule has 0 saturated carbocycles. The lowest BCUT2D eigenvalue weighted by Gasteiger charge is -2.21. The molecule has 2 heterocycles. The average Bonchev–Trinajstić information content (AvgIpc) is 2.41. The average molecular weight is 250 g/mol. The van der Waals surface area contributed by atoms with Crippen molar-refractivity contribution in [2.75, 3.05) is 31.6 Å². The summed E-state index contributed by atoms with van der Waals surface area (Å²) >= 11 is 0. The third-order valence-corrected chi connectivity index (χ3v) is 3.27. The maximum atomic E-state index is 5.50. The van der Waals surface area contributed by atoms with E-state index in [9.17, 15) is 0 Å². The Hall–Kier alpha value is -1.20. The molecule has 1 fully saturated rings. The van der Waals surface area contributed by atoms with Gasteiger partial charge in [-0.25, -0.2) is 9.97 Å². The first-order valence-electron chi connectivity index (χ1n) is 6.72. The predicted molar refractivity (Wildman–Crippen MR) is 71.4 cm³/mol. The highest BCUT2D eigenvalue weighted by atomic mass is 16.5. The Kier molecular flexibility index (Phi) is 5.36. The second-order valence-corrected chi connectivity index (χ2v) is 4.67. The van der Waals surface area contributed by atoms with Crippen LogP contribution in [0, 0.1) is 5.92 Å². The standard InChI is InChI=1S/C13H22N4O/c14-6-1-12-16-8-3-13(17-12)15-7-2-11-4-9-18-10-5-11/h3,8,11H,1-2,4-7,9-10,14H2,(H,15,16,17). The summed E-state index contributed by atoms with van der Waals surface area (Å²) in [5, 5.41) is 3.36. The molecule has 0 atom stereocenters. The summed E-state index contributed by atoms with van der Waals surface area (Å²) < 4.78 is 5.35. The molecule has 1 aliphatic rings. The molecular weight excluding hydrogens is 228 g/mol. The van der Waals surface area contributed by atoms with Crippen LogP contribution in [0.3, 0.4) is 0 Å². The third kappa shape index (κ3) is 4.23. The molecule has 0 spiro atoms. The predicted octanol–water partition coefficient (Wildman–Crippen LogP) is 1.21. The molecule has 18 heavy (non-hydrogen) atoms. The Balaban J connectivity index is 1.73. The minimum atomic E-state index is 0.589. The number of hydrogen-bond donors (Lipinski definition) is 2. The highest BCUT2D eigenvalue weighted by molar-refractivity contribution is 5.32. The van der Waals surface area contributed by atoms with Gasteiger partial charge in [-0.3, -0.25) is 0 Å². The van der Waals surface area contributed by atoms with Gasteiger partial charge in [0.15, 0.2) is 0 Å². The van der Waals surface area contributed by atoms with Crippen molar-refractivity contribution in [3.05, 3.63) is 18.1 Å².